The van der Waals surface area contributed by atoms with Crippen LogP contribution in [-0.4, -0.2) is 8.42 Å². The maximum absolute atomic E-state index is 13.5. The van der Waals surface area contributed by atoms with Gasteiger partial charge in [0.2, 0.25) is 0 Å². The van der Waals surface area contributed by atoms with Crippen molar-refractivity contribution in [2.75, 3.05) is 4.72 Å². The van der Waals surface area contributed by atoms with E-state index in [-0.39, 0.29) is 10.7 Å². The number of rotatable bonds is 3. The Balaban J connectivity index is 2.55. The summed E-state index contributed by atoms with van der Waals surface area (Å²) in [4.78, 5) is -0.427. The average Bonchev–Trinajstić information content (AvgIpc) is 2.43. The first-order valence-corrected chi connectivity index (χ1v) is 7.69. The van der Waals surface area contributed by atoms with E-state index < -0.39 is 26.3 Å². The highest BCUT2D eigenvalue weighted by atomic mass is 35.5. The van der Waals surface area contributed by atoms with Crippen LogP contribution in [0.1, 0.15) is 11.1 Å². The van der Waals surface area contributed by atoms with Crippen molar-refractivity contribution in [3.63, 3.8) is 0 Å². The summed E-state index contributed by atoms with van der Waals surface area (Å²) < 4.78 is 40.5. The molecular weight excluding hydrogens is 315 g/mol. The lowest BCUT2D eigenvalue weighted by molar-refractivity contribution is 0.593. The molecule has 4 nitrogen and oxygen atoms in total. The number of anilines is 1. The zero-order valence-corrected chi connectivity index (χ0v) is 12.5. The molecule has 0 amide bonds. The lowest BCUT2D eigenvalue weighted by Gasteiger charge is -2.13. The number of halogens is 2. The van der Waals surface area contributed by atoms with Crippen molar-refractivity contribution in [3.05, 3.63) is 58.4 Å². The van der Waals surface area contributed by atoms with Crippen LogP contribution in [0.3, 0.4) is 0 Å². The summed E-state index contributed by atoms with van der Waals surface area (Å²) in [5.41, 5.74) is 0.281. The van der Waals surface area contributed by atoms with Crippen LogP contribution >= 0.6 is 11.6 Å². The topological polar surface area (TPSA) is 70.0 Å². The van der Waals surface area contributed by atoms with Crippen LogP contribution in [0, 0.1) is 24.1 Å². The van der Waals surface area contributed by atoms with E-state index >= 15 is 0 Å². The van der Waals surface area contributed by atoms with Crippen LogP contribution in [-0.2, 0) is 10.0 Å². The summed E-state index contributed by atoms with van der Waals surface area (Å²) in [5.74, 6) is -0.892. The van der Waals surface area contributed by atoms with E-state index in [0.29, 0.717) is 5.56 Å². The number of benzene rings is 2. The third kappa shape index (κ3) is 2.99. The first-order chi connectivity index (χ1) is 9.86. The zero-order chi connectivity index (χ0) is 15.6. The molecule has 0 radical (unpaired) electrons. The molecule has 21 heavy (non-hydrogen) atoms. The van der Waals surface area contributed by atoms with Gasteiger partial charge in [-0.05, 0) is 30.7 Å². The molecule has 0 heterocycles. The summed E-state index contributed by atoms with van der Waals surface area (Å²) >= 11 is 5.96. The molecule has 0 aliphatic rings. The quantitative estimate of drug-likeness (QED) is 0.940. The number of nitrogens with zero attached hydrogens (tertiary/aromatic N) is 1. The number of nitrogens with one attached hydrogen (secondary N) is 1. The Kier molecular flexibility index (Phi) is 4.16. The number of hydrogen-bond acceptors (Lipinski definition) is 3. The Labute approximate surface area is 126 Å². The molecule has 2 aromatic rings. The monoisotopic (exact) mass is 324 g/mol. The second-order valence-corrected chi connectivity index (χ2v) is 6.32. The van der Waals surface area contributed by atoms with E-state index in [1.54, 1.807) is 25.1 Å². The van der Waals surface area contributed by atoms with Gasteiger partial charge in [-0.2, -0.15) is 5.26 Å². The SMILES string of the molecule is Cc1cccc(Cl)c1NS(=O)(=O)c1cccc(F)c1C#N. The molecule has 2 rings (SSSR count). The number of para-hydroxylation sites is 1. The summed E-state index contributed by atoms with van der Waals surface area (Å²) in [6, 6.07) is 9.86. The first-order valence-electron chi connectivity index (χ1n) is 5.83. The molecule has 0 aliphatic carbocycles. The molecule has 0 saturated heterocycles. The maximum atomic E-state index is 13.5. The van der Waals surface area contributed by atoms with E-state index in [1.165, 1.54) is 12.1 Å². The average molecular weight is 325 g/mol. The minimum Gasteiger partial charge on any atom is -0.278 e. The molecule has 1 N–H and O–H groups in total. The van der Waals surface area contributed by atoms with E-state index in [4.69, 9.17) is 16.9 Å². The summed E-state index contributed by atoms with van der Waals surface area (Å²) in [6.45, 7) is 1.68. The molecule has 0 aliphatic heterocycles. The zero-order valence-electron chi connectivity index (χ0n) is 10.9. The number of aryl methyl sites for hydroxylation is 1. The molecule has 0 atom stereocenters. The summed E-state index contributed by atoms with van der Waals surface area (Å²) in [6.07, 6.45) is 0. The van der Waals surface area contributed by atoms with Gasteiger partial charge in [0.15, 0.2) is 0 Å². The fourth-order valence-electron chi connectivity index (χ4n) is 1.79. The third-order valence-electron chi connectivity index (χ3n) is 2.84. The predicted molar refractivity (Wildman–Crippen MR) is 78.1 cm³/mol. The van der Waals surface area contributed by atoms with Gasteiger partial charge in [-0.25, -0.2) is 12.8 Å². The predicted octanol–water partition coefficient (Wildman–Crippen LogP) is 3.46. The molecule has 0 unspecified atom stereocenters. The van der Waals surface area contributed by atoms with Gasteiger partial charge in [0, 0.05) is 0 Å². The summed E-state index contributed by atoms with van der Waals surface area (Å²) in [5, 5.41) is 9.15. The lowest BCUT2D eigenvalue weighted by atomic mass is 10.2. The van der Waals surface area contributed by atoms with Gasteiger partial charge in [0.25, 0.3) is 10.0 Å². The standard InChI is InChI=1S/C14H10ClFN2O2S/c1-9-4-2-5-11(15)14(9)18-21(19,20)13-7-3-6-12(16)10(13)8-17/h2-7,18H,1H3. The molecule has 0 aromatic heterocycles. The van der Waals surface area contributed by atoms with Gasteiger partial charge in [0.1, 0.15) is 22.3 Å². The number of hydrogen-bond donors (Lipinski definition) is 1. The third-order valence-corrected chi connectivity index (χ3v) is 4.54. The van der Waals surface area contributed by atoms with Crippen molar-refractivity contribution in [1.82, 2.24) is 0 Å². The van der Waals surface area contributed by atoms with Gasteiger partial charge in [-0.3, -0.25) is 4.72 Å². The van der Waals surface area contributed by atoms with Crippen molar-refractivity contribution < 1.29 is 12.8 Å². The molecule has 2 aromatic carbocycles. The normalized spacial score (nSPS) is 11.0. The molecule has 0 fully saturated rings. The number of nitriles is 1. The van der Waals surface area contributed by atoms with Crippen molar-refractivity contribution in [2.24, 2.45) is 0 Å². The molecular formula is C14H10ClFN2O2S. The van der Waals surface area contributed by atoms with Gasteiger partial charge < -0.3 is 0 Å². The van der Waals surface area contributed by atoms with Crippen molar-refractivity contribution >= 4 is 27.3 Å². The highest BCUT2D eigenvalue weighted by molar-refractivity contribution is 7.92. The summed E-state index contributed by atoms with van der Waals surface area (Å²) in [7, 11) is -4.12. The van der Waals surface area contributed by atoms with Gasteiger partial charge >= 0.3 is 0 Å². The van der Waals surface area contributed by atoms with Crippen LogP contribution in [0.5, 0.6) is 0 Å². The van der Waals surface area contributed by atoms with Gasteiger partial charge in [-0.1, -0.05) is 29.8 Å². The van der Waals surface area contributed by atoms with Gasteiger partial charge in [-0.15, -0.1) is 0 Å². The Morgan fingerprint density at radius 2 is 1.90 bits per heavy atom. The van der Waals surface area contributed by atoms with Gasteiger partial charge in [0.05, 0.1) is 10.7 Å². The van der Waals surface area contributed by atoms with Crippen LogP contribution in [0.25, 0.3) is 0 Å². The van der Waals surface area contributed by atoms with E-state index in [0.717, 1.165) is 12.1 Å². The Morgan fingerprint density at radius 3 is 2.52 bits per heavy atom. The van der Waals surface area contributed by atoms with Crippen LogP contribution in [0.4, 0.5) is 10.1 Å². The van der Waals surface area contributed by atoms with Crippen molar-refractivity contribution in [3.8, 4) is 6.07 Å². The molecule has 0 bridgehead atoms. The van der Waals surface area contributed by atoms with E-state index in [2.05, 4.69) is 4.72 Å². The molecule has 0 spiro atoms. The van der Waals surface area contributed by atoms with Crippen LogP contribution in [0.15, 0.2) is 41.3 Å². The minimum absolute atomic E-state index is 0.201. The highest BCUT2D eigenvalue weighted by Crippen LogP contribution is 2.29. The largest absolute Gasteiger partial charge is 0.278 e. The van der Waals surface area contributed by atoms with Crippen molar-refractivity contribution in [2.45, 2.75) is 11.8 Å². The molecule has 0 saturated carbocycles. The highest BCUT2D eigenvalue weighted by Gasteiger charge is 2.22. The van der Waals surface area contributed by atoms with Crippen molar-refractivity contribution in [1.29, 1.82) is 5.26 Å². The lowest BCUT2D eigenvalue weighted by Crippen LogP contribution is -2.16. The van der Waals surface area contributed by atoms with Crippen LogP contribution < -0.4 is 4.72 Å². The second kappa shape index (κ2) is 5.72. The first kappa shape index (κ1) is 15.3. The maximum Gasteiger partial charge on any atom is 0.263 e. The smallest absolute Gasteiger partial charge is 0.263 e. The fourth-order valence-corrected chi connectivity index (χ4v) is 3.43. The Hall–Kier alpha value is -2.10. The Morgan fingerprint density at radius 1 is 1.24 bits per heavy atom. The molecule has 108 valence electrons. The fraction of sp³-hybridized carbons (Fsp3) is 0.0714. The number of sulfonamides is 1. The van der Waals surface area contributed by atoms with Crippen LogP contribution in [0.2, 0.25) is 5.02 Å². The second-order valence-electron chi connectivity index (χ2n) is 4.26. The van der Waals surface area contributed by atoms with E-state index in [9.17, 15) is 12.8 Å². The van der Waals surface area contributed by atoms with E-state index in [1.807, 2.05) is 0 Å². The Bertz CT molecular complexity index is 824. The molecule has 7 heteroatoms. The minimum atomic E-state index is -4.12.